The van der Waals surface area contributed by atoms with Crippen molar-refractivity contribution in [2.45, 2.75) is 31.5 Å². The van der Waals surface area contributed by atoms with Gasteiger partial charge in [-0.15, -0.1) is 0 Å². The summed E-state index contributed by atoms with van der Waals surface area (Å²) in [6.07, 6.45) is -0.303. The van der Waals surface area contributed by atoms with E-state index in [1.54, 1.807) is 0 Å². The fourth-order valence-electron chi connectivity index (χ4n) is 3.28. The number of aliphatic hydroxyl groups is 1. The average molecular weight is 290 g/mol. The van der Waals surface area contributed by atoms with Gasteiger partial charge in [0.05, 0.1) is 24.2 Å². The molecule has 1 saturated heterocycles. The lowest BCUT2D eigenvalue weighted by Gasteiger charge is -2.43. The molecule has 1 fully saturated rings. The number of carbonyl (C=O) groups is 1. The minimum atomic E-state index is -0.424. The molecule has 21 heavy (non-hydrogen) atoms. The van der Waals surface area contributed by atoms with Gasteiger partial charge in [0.25, 0.3) is 0 Å². The molecule has 2 unspecified atom stereocenters. The lowest BCUT2D eigenvalue weighted by atomic mass is 9.97. The van der Waals surface area contributed by atoms with Crippen molar-refractivity contribution in [1.29, 1.82) is 0 Å². The summed E-state index contributed by atoms with van der Waals surface area (Å²) in [5.41, 5.74) is 1.68. The van der Waals surface area contributed by atoms with Crippen molar-refractivity contribution in [3.63, 3.8) is 0 Å². The summed E-state index contributed by atoms with van der Waals surface area (Å²) < 4.78 is 5.78. The number of ether oxygens (including phenoxy) is 1. The summed E-state index contributed by atoms with van der Waals surface area (Å²) in [4.78, 5) is 14.7. The first-order chi connectivity index (χ1) is 10.00. The van der Waals surface area contributed by atoms with Gasteiger partial charge in [-0.3, -0.25) is 4.79 Å². The second-order valence-electron chi connectivity index (χ2n) is 6.42. The number of aliphatic hydroxyl groups excluding tert-OH is 1. The van der Waals surface area contributed by atoms with E-state index in [9.17, 15) is 9.90 Å². The van der Waals surface area contributed by atoms with E-state index in [0.717, 1.165) is 11.3 Å². The smallest absolute Gasteiger partial charge is 0.232 e. The van der Waals surface area contributed by atoms with Crippen LogP contribution in [0.25, 0.3) is 0 Å². The molecule has 5 nitrogen and oxygen atoms in total. The molecule has 0 radical (unpaired) electrons. The molecule has 0 aromatic heterocycles. The van der Waals surface area contributed by atoms with E-state index in [4.69, 9.17) is 4.74 Å². The van der Waals surface area contributed by atoms with Crippen molar-refractivity contribution >= 4 is 11.6 Å². The van der Waals surface area contributed by atoms with Crippen molar-refractivity contribution in [2.24, 2.45) is 0 Å². The van der Waals surface area contributed by atoms with E-state index in [0.29, 0.717) is 19.6 Å². The number of carbonyl (C=O) groups excluding carboxylic acids is 1. The van der Waals surface area contributed by atoms with Gasteiger partial charge in [-0.2, -0.15) is 0 Å². The van der Waals surface area contributed by atoms with Gasteiger partial charge in [0.2, 0.25) is 5.91 Å². The maximum absolute atomic E-state index is 12.9. The van der Waals surface area contributed by atoms with Crippen molar-refractivity contribution in [2.75, 3.05) is 31.6 Å². The maximum Gasteiger partial charge on any atom is 0.232 e. The van der Waals surface area contributed by atoms with Crippen LogP contribution in [0.2, 0.25) is 0 Å². The minimum absolute atomic E-state index is 0.0628. The van der Waals surface area contributed by atoms with Crippen LogP contribution in [0.5, 0.6) is 0 Å². The molecule has 114 valence electrons. The van der Waals surface area contributed by atoms with Crippen molar-refractivity contribution in [3.8, 4) is 0 Å². The Labute approximate surface area is 124 Å². The molecule has 1 aromatic carbocycles. The van der Waals surface area contributed by atoms with Crippen LogP contribution in [0.4, 0.5) is 5.69 Å². The normalized spacial score (nSPS) is 27.1. The summed E-state index contributed by atoms with van der Waals surface area (Å²) in [5.74, 6) is -0.0308. The van der Waals surface area contributed by atoms with Gasteiger partial charge < -0.3 is 20.1 Å². The fraction of sp³-hybridized carbons (Fsp3) is 0.562. The van der Waals surface area contributed by atoms with Crippen LogP contribution >= 0.6 is 0 Å². The molecule has 2 aliphatic heterocycles. The molecule has 2 N–H and O–H groups in total. The first kappa shape index (κ1) is 14.4. The number of morpholine rings is 1. The Morgan fingerprint density at radius 3 is 3.00 bits per heavy atom. The molecule has 2 aliphatic rings. The second kappa shape index (κ2) is 5.31. The van der Waals surface area contributed by atoms with Gasteiger partial charge in [-0.1, -0.05) is 18.2 Å². The molecule has 0 aliphatic carbocycles. The summed E-state index contributed by atoms with van der Waals surface area (Å²) in [6.45, 7) is 5.50. The van der Waals surface area contributed by atoms with Crippen LogP contribution < -0.4 is 5.32 Å². The molecule has 2 heterocycles. The van der Waals surface area contributed by atoms with Crippen LogP contribution in [-0.2, 0) is 9.53 Å². The molecule has 3 rings (SSSR count). The van der Waals surface area contributed by atoms with E-state index in [2.05, 4.69) is 5.32 Å². The number of benzene rings is 1. The lowest BCUT2D eigenvalue weighted by Crippen LogP contribution is -2.56. The highest BCUT2D eigenvalue weighted by Gasteiger charge is 2.39. The summed E-state index contributed by atoms with van der Waals surface area (Å²) >= 11 is 0. The minimum Gasteiger partial charge on any atom is -0.394 e. The van der Waals surface area contributed by atoms with Crippen molar-refractivity contribution in [1.82, 2.24) is 4.90 Å². The zero-order valence-corrected chi connectivity index (χ0v) is 12.5. The van der Waals surface area contributed by atoms with E-state index < -0.39 is 5.60 Å². The number of amides is 1. The Balaban J connectivity index is 1.79. The van der Waals surface area contributed by atoms with Crippen LogP contribution in [-0.4, -0.2) is 53.9 Å². The van der Waals surface area contributed by atoms with E-state index in [-0.39, 0.29) is 24.5 Å². The van der Waals surface area contributed by atoms with Crippen molar-refractivity contribution < 1.29 is 14.6 Å². The number of para-hydroxylation sites is 1. The number of rotatable bonds is 2. The number of nitrogens with one attached hydrogen (secondary N) is 1. The summed E-state index contributed by atoms with van der Waals surface area (Å²) in [7, 11) is 0. The Hall–Kier alpha value is -1.59. The van der Waals surface area contributed by atoms with Gasteiger partial charge in [0.1, 0.15) is 0 Å². The second-order valence-corrected chi connectivity index (χ2v) is 6.42. The Bertz CT molecular complexity index is 544. The molecule has 5 heteroatoms. The number of nitrogens with zero attached hydrogens (tertiary/aromatic N) is 1. The molecule has 0 bridgehead atoms. The van der Waals surface area contributed by atoms with Crippen LogP contribution in [0.1, 0.15) is 25.3 Å². The average Bonchev–Trinajstić information content (AvgIpc) is 2.88. The highest BCUT2D eigenvalue weighted by atomic mass is 16.5. The molecule has 1 amide bonds. The fourth-order valence-corrected chi connectivity index (χ4v) is 3.28. The van der Waals surface area contributed by atoms with Crippen LogP contribution in [0, 0.1) is 0 Å². The Kier molecular flexibility index (Phi) is 3.63. The van der Waals surface area contributed by atoms with Gasteiger partial charge in [-0.25, -0.2) is 0 Å². The number of anilines is 1. The first-order valence-corrected chi connectivity index (χ1v) is 7.40. The number of hydrogen-bond acceptors (Lipinski definition) is 4. The molecular formula is C16H22N2O3. The van der Waals surface area contributed by atoms with E-state index in [1.807, 2.05) is 43.0 Å². The van der Waals surface area contributed by atoms with Crippen molar-refractivity contribution in [3.05, 3.63) is 29.8 Å². The van der Waals surface area contributed by atoms with E-state index >= 15 is 0 Å². The van der Waals surface area contributed by atoms with Gasteiger partial charge in [0.15, 0.2) is 0 Å². The zero-order valence-electron chi connectivity index (χ0n) is 12.5. The monoisotopic (exact) mass is 290 g/mol. The SMILES string of the molecule is CC1(C)CN(C(=O)C2CNc3ccccc32)CC(CO)O1. The third kappa shape index (κ3) is 2.76. The number of fused-ring (bicyclic) bond motifs is 1. The topological polar surface area (TPSA) is 61.8 Å². The molecule has 2 atom stereocenters. The predicted molar refractivity (Wildman–Crippen MR) is 80.3 cm³/mol. The standard InChI is InChI=1S/C16H22N2O3/c1-16(2)10-18(8-11(9-19)21-16)15(20)13-7-17-14-6-4-3-5-12(13)14/h3-6,11,13,17,19H,7-10H2,1-2H3. The maximum atomic E-state index is 12.9. The Morgan fingerprint density at radius 2 is 2.24 bits per heavy atom. The highest BCUT2D eigenvalue weighted by molar-refractivity contribution is 5.88. The van der Waals surface area contributed by atoms with Crippen LogP contribution in [0.15, 0.2) is 24.3 Å². The number of hydrogen-bond donors (Lipinski definition) is 2. The van der Waals surface area contributed by atoms with Crippen LogP contribution in [0.3, 0.4) is 0 Å². The lowest BCUT2D eigenvalue weighted by molar-refractivity contribution is -0.167. The molecule has 0 spiro atoms. The predicted octanol–water partition coefficient (Wildman–Crippen LogP) is 1.19. The molecular weight excluding hydrogens is 268 g/mol. The van der Waals surface area contributed by atoms with Gasteiger partial charge in [0, 0.05) is 25.3 Å². The van der Waals surface area contributed by atoms with Gasteiger partial charge in [-0.05, 0) is 25.5 Å². The quantitative estimate of drug-likeness (QED) is 0.859. The zero-order chi connectivity index (χ0) is 15.0. The third-order valence-corrected chi connectivity index (χ3v) is 4.13. The third-order valence-electron chi connectivity index (χ3n) is 4.13. The Morgan fingerprint density at radius 1 is 1.48 bits per heavy atom. The molecule has 1 aromatic rings. The summed E-state index contributed by atoms with van der Waals surface area (Å²) in [6, 6.07) is 7.94. The van der Waals surface area contributed by atoms with Gasteiger partial charge >= 0.3 is 0 Å². The molecule has 0 saturated carbocycles. The first-order valence-electron chi connectivity index (χ1n) is 7.40. The largest absolute Gasteiger partial charge is 0.394 e. The highest BCUT2D eigenvalue weighted by Crippen LogP contribution is 2.33. The van der Waals surface area contributed by atoms with E-state index in [1.165, 1.54) is 0 Å². The summed E-state index contributed by atoms with van der Waals surface area (Å²) in [5, 5.41) is 12.7.